The largest absolute Gasteiger partial charge is 0.494 e. The monoisotopic (exact) mass is 328 g/mol. The van der Waals surface area contributed by atoms with Crippen molar-refractivity contribution in [3.8, 4) is 11.5 Å². The SMILES string of the molecule is CCOc1cccc(OCCNC(=O)Nc2ccc(C)cc2C)c1. The summed E-state index contributed by atoms with van der Waals surface area (Å²) < 4.78 is 11.0. The minimum atomic E-state index is -0.242. The minimum Gasteiger partial charge on any atom is -0.494 e. The zero-order chi connectivity index (χ0) is 17.4. The fraction of sp³-hybridized carbons (Fsp3) is 0.316. The number of urea groups is 1. The average molecular weight is 328 g/mol. The standard InChI is InChI=1S/C19H24N2O3/c1-4-23-16-6-5-7-17(13-16)24-11-10-20-19(22)21-18-9-8-14(2)12-15(18)3/h5-9,12-13H,4,10-11H2,1-3H3,(H2,20,21,22). The van der Waals surface area contributed by atoms with Gasteiger partial charge in [-0.2, -0.15) is 0 Å². The maximum atomic E-state index is 11.9. The van der Waals surface area contributed by atoms with Gasteiger partial charge < -0.3 is 20.1 Å². The summed E-state index contributed by atoms with van der Waals surface area (Å²) in [6.45, 7) is 7.34. The van der Waals surface area contributed by atoms with Gasteiger partial charge in [0.15, 0.2) is 0 Å². The number of carbonyl (C=O) groups excluding carboxylic acids is 1. The second kappa shape index (κ2) is 8.82. The minimum absolute atomic E-state index is 0.242. The van der Waals surface area contributed by atoms with E-state index in [1.165, 1.54) is 5.56 Å². The van der Waals surface area contributed by atoms with Gasteiger partial charge in [0.1, 0.15) is 18.1 Å². The van der Waals surface area contributed by atoms with E-state index in [1.807, 2.05) is 63.2 Å². The Morgan fingerprint density at radius 1 is 1.04 bits per heavy atom. The summed E-state index contributed by atoms with van der Waals surface area (Å²) in [5, 5.41) is 5.61. The van der Waals surface area contributed by atoms with Crippen molar-refractivity contribution >= 4 is 11.7 Å². The predicted octanol–water partition coefficient (Wildman–Crippen LogP) is 3.90. The number of aryl methyl sites for hydroxylation is 2. The van der Waals surface area contributed by atoms with Crippen molar-refractivity contribution in [1.82, 2.24) is 5.32 Å². The summed E-state index contributed by atoms with van der Waals surface area (Å²) in [7, 11) is 0. The van der Waals surface area contributed by atoms with E-state index in [2.05, 4.69) is 10.6 Å². The molecule has 0 heterocycles. The number of hydrogen-bond donors (Lipinski definition) is 2. The van der Waals surface area contributed by atoms with Gasteiger partial charge in [0.25, 0.3) is 0 Å². The average Bonchev–Trinajstić information content (AvgIpc) is 2.55. The van der Waals surface area contributed by atoms with Crippen molar-refractivity contribution in [2.24, 2.45) is 0 Å². The second-order valence-electron chi connectivity index (χ2n) is 5.46. The Balaban J connectivity index is 1.73. The van der Waals surface area contributed by atoms with Crippen LogP contribution in [0.2, 0.25) is 0 Å². The Morgan fingerprint density at radius 2 is 1.79 bits per heavy atom. The van der Waals surface area contributed by atoms with E-state index >= 15 is 0 Å². The lowest BCUT2D eigenvalue weighted by atomic mass is 10.1. The number of hydrogen-bond acceptors (Lipinski definition) is 3. The van der Waals surface area contributed by atoms with Crippen molar-refractivity contribution in [3.63, 3.8) is 0 Å². The molecule has 0 spiro atoms. The molecule has 0 radical (unpaired) electrons. The van der Waals surface area contributed by atoms with Crippen LogP contribution in [0.3, 0.4) is 0 Å². The van der Waals surface area contributed by atoms with Gasteiger partial charge in [0, 0.05) is 11.8 Å². The molecule has 2 aromatic carbocycles. The highest BCUT2D eigenvalue weighted by atomic mass is 16.5. The first-order valence-electron chi connectivity index (χ1n) is 8.06. The van der Waals surface area contributed by atoms with E-state index in [0.717, 1.165) is 22.7 Å². The Hall–Kier alpha value is -2.69. The molecule has 2 aromatic rings. The van der Waals surface area contributed by atoms with Gasteiger partial charge in [-0.15, -0.1) is 0 Å². The lowest BCUT2D eigenvalue weighted by Crippen LogP contribution is -2.32. The number of amides is 2. The van der Waals surface area contributed by atoms with E-state index in [4.69, 9.17) is 9.47 Å². The fourth-order valence-corrected chi connectivity index (χ4v) is 2.27. The molecule has 2 amide bonds. The molecule has 0 aromatic heterocycles. The van der Waals surface area contributed by atoms with Gasteiger partial charge >= 0.3 is 6.03 Å². The number of anilines is 1. The van der Waals surface area contributed by atoms with Gasteiger partial charge in [-0.05, 0) is 44.5 Å². The lowest BCUT2D eigenvalue weighted by molar-refractivity contribution is 0.247. The van der Waals surface area contributed by atoms with Crippen LogP contribution in [0, 0.1) is 13.8 Å². The van der Waals surface area contributed by atoms with Gasteiger partial charge in [0.05, 0.1) is 13.2 Å². The molecule has 0 aliphatic carbocycles. The van der Waals surface area contributed by atoms with E-state index in [9.17, 15) is 4.79 Å². The number of ether oxygens (including phenoxy) is 2. The summed E-state index contributed by atoms with van der Waals surface area (Å²) in [5.74, 6) is 1.49. The fourth-order valence-electron chi connectivity index (χ4n) is 2.27. The zero-order valence-corrected chi connectivity index (χ0v) is 14.4. The van der Waals surface area contributed by atoms with Crippen molar-refractivity contribution in [2.75, 3.05) is 25.1 Å². The Labute approximate surface area is 143 Å². The van der Waals surface area contributed by atoms with E-state index < -0.39 is 0 Å². The highest BCUT2D eigenvalue weighted by Gasteiger charge is 2.04. The summed E-state index contributed by atoms with van der Waals surface area (Å²) in [6.07, 6.45) is 0. The summed E-state index contributed by atoms with van der Waals surface area (Å²) in [4.78, 5) is 11.9. The van der Waals surface area contributed by atoms with Gasteiger partial charge in [0.2, 0.25) is 0 Å². The molecule has 2 rings (SSSR count). The molecule has 5 nitrogen and oxygen atoms in total. The van der Waals surface area contributed by atoms with Crippen LogP contribution in [-0.4, -0.2) is 25.8 Å². The number of rotatable bonds is 7. The van der Waals surface area contributed by atoms with Gasteiger partial charge in [-0.25, -0.2) is 4.79 Å². The van der Waals surface area contributed by atoms with Gasteiger partial charge in [-0.3, -0.25) is 0 Å². The Kier molecular flexibility index (Phi) is 6.49. The lowest BCUT2D eigenvalue weighted by Gasteiger charge is -2.11. The van der Waals surface area contributed by atoms with Crippen LogP contribution in [0.4, 0.5) is 10.5 Å². The molecule has 2 N–H and O–H groups in total. The molecule has 0 fully saturated rings. The molecule has 0 aliphatic heterocycles. The third kappa shape index (κ3) is 5.50. The zero-order valence-electron chi connectivity index (χ0n) is 14.4. The van der Waals surface area contributed by atoms with Gasteiger partial charge in [-0.1, -0.05) is 23.8 Å². The molecule has 0 atom stereocenters. The molecule has 0 saturated carbocycles. The number of nitrogens with one attached hydrogen (secondary N) is 2. The van der Waals surface area contributed by atoms with E-state index in [0.29, 0.717) is 19.8 Å². The normalized spacial score (nSPS) is 10.1. The first-order valence-corrected chi connectivity index (χ1v) is 8.06. The molecular formula is C19H24N2O3. The van der Waals surface area contributed by atoms with Crippen molar-refractivity contribution in [1.29, 1.82) is 0 Å². The topological polar surface area (TPSA) is 59.6 Å². The molecule has 0 bridgehead atoms. The molecule has 0 unspecified atom stereocenters. The smallest absolute Gasteiger partial charge is 0.319 e. The third-order valence-corrected chi connectivity index (χ3v) is 3.40. The Morgan fingerprint density at radius 3 is 2.50 bits per heavy atom. The van der Waals surface area contributed by atoms with Crippen LogP contribution in [0.25, 0.3) is 0 Å². The number of benzene rings is 2. The van der Waals surface area contributed by atoms with Crippen LogP contribution in [0.5, 0.6) is 11.5 Å². The second-order valence-corrected chi connectivity index (χ2v) is 5.46. The maximum Gasteiger partial charge on any atom is 0.319 e. The molecule has 5 heteroatoms. The number of carbonyl (C=O) groups is 1. The quantitative estimate of drug-likeness (QED) is 0.758. The predicted molar refractivity (Wildman–Crippen MR) is 96.0 cm³/mol. The van der Waals surface area contributed by atoms with Crippen LogP contribution in [-0.2, 0) is 0 Å². The van der Waals surface area contributed by atoms with Crippen molar-refractivity contribution < 1.29 is 14.3 Å². The highest BCUT2D eigenvalue weighted by molar-refractivity contribution is 5.90. The first kappa shape index (κ1) is 17.7. The Bertz CT molecular complexity index is 686. The summed E-state index contributed by atoms with van der Waals surface area (Å²) in [5.41, 5.74) is 3.01. The van der Waals surface area contributed by atoms with E-state index in [-0.39, 0.29) is 6.03 Å². The molecule has 128 valence electrons. The van der Waals surface area contributed by atoms with Crippen LogP contribution in [0.15, 0.2) is 42.5 Å². The highest BCUT2D eigenvalue weighted by Crippen LogP contribution is 2.19. The molecule has 0 saturated heterocycles. The van der Waals surface area contributed by atoms with Crippen molar-refractivity contribution in [2.45, 2.75) is 20.8 Å². The van der Waals surface area contributed by atoms with Crippen molar-refractivity contribution in [3.05, 3.63) is 53.6 Å². The van der Waals surface area contributed by atoms with E-state index in [1.54, 1.807) is 0 Å². The van der Waals surface area contributed by atoms with Crippen LogP contribution >= 0.6 is 0 Å². The first-order chi connectivity index (χ1) is 11.6. The van der Waals surface area contributed by atoms with Crippen LogP contribution in [0.1, 0.15) is 18.1 Å². The molecule has 24 heavy (non-hydrogen) atoms. The summed E-state index contributed by atoms with van der Waals surface area (Å²) in [6, 6.07) is 13.1. The summed E-state index contributed by atoms with van der Waals surface area (Å²) >= 11 is 0. The van der Waals surface area contributed by atoms with Crippen LogP contribution < -0.4 is 20.1 Å². The maximum absolute atomic E-state index is 11.9. The third-order valence-electron chi connectivity index (χ3n) is 3.40. The molecular weight excluding hydrogens is 304 g/mol. The molecule has 0 aliphatic rings.